The number of fused-ring (bicyclic) bond motifs is 1. The number of oxazole rings is 1. The minimum absolute atomic E-state index is 0.190. The van der Waals surface area contributed by atoms with E-state index in [2.05, 4.69) is 24.0 Å². The molecule has 0 saturated heterocycles. The number of rotatable bonds is 3. The van der Waals surface area contributed by atoms with Gasteiger partial charge in [-0.1, -0.05) is 37.3 Å². The third-order valence-corrected chi connectivity index (χ3v) is 3.34. The molecule has 0 saturated carbocycles. The van der Waals surface area contributed by atoms with Crippen LogP contribution >= 0.6 is 0 Å². The fourth-order valence-corrected chi connectivity index (χ4v) is 2.35. The number of benzene rings is 2. The monoisotopic (exact) mass is 252 g/mol. The second-order valence-electron chi connectivity index (χ2n) is 4.65. The lowest BCUT2D eigenvalue weighted by Crippen LogP contribution is -1.99. The second-order valence-corrected chi connectivity index (χ2v) is 4.65. The molecule has 0 aliphatic carbocycles. The van der Waals surface area contributed by atoms with Gasteiger partial charge in [-0.3, -0.25) is 0 Å². The lowest BCUT2D eigenvalue weighted by molar-refractivity contribution is 0.493. The van der Waals surface area contributed by atoms with Gasteiger partial charge in [-0.25, -0.2) is 4.98 Å². The van der Waals surface area contributed by atoms with Crippen molar-refractivity contribution in [3.63, 3.8) is 0 Å². The number of anilines is 1. The van der Waals surface area contributed by atoms with E-state index < -0.39 is 0 Å². The number of nitrogens with zero attached hydrogens (tertiary/aromatic N) is 1. The highest BCUT2D eigenvalue weighted by Gasteiger charge is 2.18. The Morgan fingerprint density at radius 3 is 2.68 bits per heavy atom. The summed E-state index contributed by atoms with van der Waals surface area (Å²) in [7, 11) is 0. The van der Waals surface area contributed by atoms with Crippen LogP contribution < -0.4 is 5.73 Å². The first-order valence-electron chi connectivity index (χ1n) is 6.49. The van der Waals surface area contributed by atoms with Crippen molar-refractivity contribution in [3.8, 4) is 0 Å². The molecule has 2 aromatic carbocycles. The van der Waals surface area contributed by atoms with Gasteiger partial charge in [-0.15, -0.1) is 0 Å². The van der Waals surface area contributed by atoms with Crippen molar-refractivity contribution in [1.29, 1.82) is 0 Å². The van der Waals surface area contributed by atoms with Crippen LogP contribution in [0.5, 0.6) is 0 Å². The summed E-state index contributed by atoms with van der Waals surface area (Å²) in [6, 6.07) is 15.9. The Bertz CT molecular complexity index is 688. The van der Waals surface area contributed by atoms with E-state index in [1.807, 2.05) is 36.4 Å². The molecule has 1 aromatic heterocycles. The first-order chi connectivity index (χ1) is 9.28. The van der Waals surface area contributed by atoms with Crippen molar-refractivity contribution < 1.29 is 4.42 Å². The number of nitrogens with two attached hydrogens (primary N) is 1. The lowest BCUT2D eigenvalue weighted by Gasteiger charge is -2.10. The Morgan fingerprint density at radius 2 is 1.95 bits per heavy atom. The van der Waals surface area contributed by atoms with Gasteiger partial charge < -0.3 is 10.2 Å². The molecule has 3 heteroatoms. The van der Waals surface area contributed by atoms with Gasteiger partial charge in [0.15, 0.2) is 5.58 Å². The minimum atomic E-state index is 0.190. The SMILES string of the molecule is CCC(c1ccccc1)c1nc2ccc(N)cc2o1. The average molecular weight is 252 g/mol. The largest absolute Gasteiger partial charge is 0.440 e. The van der Waals surface area contributed by atoms with Crippen LogP contribution in [0, 0.1) is 0 Å². The van der Waals surface area contributed by atoms with Gasteiger partial charge in [0.25, 0.3) is 0 Å². The smallest absolute Gasteiger partial charge is 0.203 e. The van der Waals surface area contributed by atoms with Crippen molar-refractivity contribution in [2.45, 2.75) is 19.3 Å². The molecule has 1 heterocycles. The van der Waals surface area contributed by atoms with Gasteiger partial charge in [0, 0.05) is 11.8 Å². The summed E-state index contributed by atoms with van der Waals surface area (Å²) in [5.74, 6) is 0.948. The number of hydrogen-bond donors (Lipinski definition) is 1. The molecular formula is C16H16N2O. The normalized spacial score (nSPS) is 12.7. The Hall–Kier alpha value is -2.29. The molecule has 0 spiro atoms. The van der Waals surface area contributed by atoms with Gasteiger partial charge in [-0.05, 0) is 24.1 Å². The fourth-order valence-electron chi connectivity index (χ4n) is 2.35. The summed E-state index contributed by atoms with van der Waals surface area (Å²) in [5.41, 5.74) is 9.30. The van der Waals surface area contributed by atoms with Crippen LogP contribution in [0.15, 0.2) is 52.9 Å². The van der Waals surface area contributed by atoms with Crippen LogP contribution in [0.25, 0.3) is 11.1 Å². The molecule has 3 aromatic rings. The number of aromatic nitrogens is 1. The molecule has 1 unspecified atom stereocenters. The van der Waals surface area contributed by atoms with Crippen LogP contribution in [0.1, 0.15) is 30.7 Å². The van der Waals surface area contributed by atoms with Gasteiger partial charge in [-0.2, -0.15) is 0 Å². The maximum absolute atomic E-state index is 5.87. The molecular weight excluding hydrogens is 236 g/mol. The predicted molar refractivity (Wildman–Crippen MR) is 77.0 cm³/mol. The zero-order valence-electron chi connectivity index (χ0n) is 10.8. The van der Waals surface area contributed by atoms with E-state index in [9.17, 15) is 0 Å². The minimum Gasteiger partial charge on any atom is -0.440 e. The molecule has 3 nitrogen and oxygen atoms in total. The van der Waals surface area contributed by atoms with E-state index >= 15 is 0 Å². The third-order valence-electron chi connectivity index (χ3n) is 3.34. The highest BCUT2D eigenvalue weighted by atomic mass is 16.3. The van der Waals surface area contributed by atoms with Crippen molar-refractivity contribution in [1.82, 2.24) is 4.98 Å². The van der Waals surface area contributed by atoms with E-state index in [1.54, 1.807) is 0 Å². The summed E-state index contributed by atoms with van der Waals surface area (Å²) < 4.78 is 5.87. The molecule has 0 aliphatic rings. The predicted octanol–water partition coefficient (Wildman–Crippen LogP) is 3.95. The Balaban J connectivity index is 2.07. The van der Waals surface area contributed by atoms with E-state index in [1.165, 1.54) is 5.56 Å². The average Bonchev–Trinajstić information content (AvgIpc) is 2.83. The Morgan fingerprint density at radius 1 is 1.16 bits per heavy atom. The zero-order valence-corrected chi connectivity index (χ0v) is 10.8. The van der Waals surface area contributed by atoms with Crippen LogP contribution in [0.3, 0.4) is 0 Å². The first kappa shape index (κ1) is 11.8. The Labute approximate surface area is 112 Å². The lowest BCUT2D eigenvalue weighted by atomic mass is 9.97. The van der Waals surface area contributed by atoms with E-state index in [0.717, 1.165) is 23.4 Å². The Kier molecular flexibility index (Phi) is 2.95. The summed E-state index contributed by atoms with van der Waals surface area (Å²) in [4.78, 5) is 4.58. The maximum Gasteiger partial charge on any atom is 0.203 e. The van der Waals surface area contributed by atoms with E-state index in [4.69, 9.17) is 10.2 Å². The molecule has 0 fully saturated rings. The topological polar surface area (TPSA) is 52.0 Å². The van der Waals surface area contributed by atoms with Crippen molar-refractivity contribution >= 4 is 16.8 Å². The highest BCUT2D eigenvalue weighted by molar-refractivity contribution is 5.76. The molecule has 96 valence electrons. The molecule has 0 aliphatic heterocycles. The van der Waals surface area contributed by atoms with Crippen molar-refractivity contribution in [2.24, 2.45) is 0 Å². The van der Waals surface area contributed by atoms with Crippen molar-refractivity contribution in [3.05, 3.63) is 60.0 Å². The molecule has 0 bridgehead atoms. The van der Waals surface area contributed by atoms with E-state index in [0.29, 0.717) is 5.69 Å². The molecule has 2 N–H and O–H groups in total. The molecule has 19 heavy (non-hydrogen) atoms. The van der Waals surface area contributed by atoms with Crippen LogP contribution in [0.4, 0.5) is 5.69 Å². The van der Waals surface area contributed by atoms with Gasteiger partial charge >= 0.3 is 0 Å². The summed E-state index contributed by atoms with van der Waals surface area (Å²) in [6.07, 6.45) is 0.951. The summed E-state index contributed by atoms with van der Waals surface area (Å²) >= 11 is 0. The van der Waals surface area contributed by atoms with Gasteiger partial charge in [0.1, 0.15) is 5.52 Å². The highest BCUT2D eigenvalue weighted by Crippen LogP contribution is 2.30. The quantitative estimate of drug-likeness (QED) is 0.718. The maximum atomic E-state index is 5.87. The van der Waals surface area contributed by atoms with E-state index in [-0.39, 0.29) is 5.92 Å². The van der Waals surface area contributed by atoms with Crippen LogP contribution in [-0.4, -0.2) is 4.98 Å². The van der Waals surface area contributed by atoms with Gasteiger partial charge in [0.2, 0.25) is 5.89 Å². The first-order valence-corrected chi connectivity index (χ1v) is 6.49. The summed E-state index contributed by atoms with van der Waals surface area (Å²) in [6.45, 7) is 2.14. The second kappa shape index (κ2) is 4.76. The standard InChI is InChI=1S/C16H16N2O/c1-2-13(11-6-4-3-5-7-11)16-18-14-9-8-12(17)10-15(14)19-16/h3-10,13H,2,17H2,1H3. The number of hydrogen-bond acceptors (Lipinski definition) is 3. The zero-order chi connectivity index (χ0) is 13.2. The molecule has 3 rings (SSSR count). The van der Waals surface area contributed by atoms with Crippen LogP contribution in [0.2, 0.25) is 0 Å². The molecule has 0 amide bonds. The van der Waals surface area contributed by atoms with Gasteiger partial charge in [0.05, 0.1) is 5.92 Å². The number of nitrogen functional groups attached to an aromatic ring is 1. The summed E-state index contributed by atoms with van der Waals surface area (Å²) in [5, 5.41) is 0. The molecule has 1 atom stereocenters. The third kappa shape index (κ3) is 2.19. The fraction of sp³-hybridized carbons (Fsp3) is 0.188. The molecule has 0 radical (unpaired) electrons. The van der Waals surface area contributed by atoms with Crippen LogP contribution in [-0.2, 0) is 0 Å². The van der Waals surface area contributed by atoms with Crippen molar-refractivity contribution in [2.75, 3.05) is 5.73 Å².